The molecule has 1 aromatic carbocycles. The lowest BCUT2D eigenvalue weighted by Crippen LogP contribution is -2.50. The van der Waals surface area contributed by atoms with Gasteiger partial charge < -0.3 is 4.90 Å². The molecule has 1 fully saturated rings. The lowest BCUT2D eigenvalue weighted by atomic mass is 10.2. The second-order valence-corrected chi connectivity index (χ2v) is 9.41. The maximum atomic E-state index is 12.5. The minimum atomic E-state index is -3.53. The summed E-state index contributed by atoms with van der Waals surface area (Å²) in [6, 6.07) is 12.7. The van der Waals surface area contributed by atoms with Gasteiger partial charge in [-0.1, -0.05) is 41.9 Å². The van der Waals surface area contributed by atoms with Gasteiger partial charge in [-0.2, -0.15) is 4.31 Å². The summed E-state index contributed by atoms with van der Waals surface area (Å²) >= 11 is 6.88. The van der Waals surface area contributed by atoms with Gasteiger partial charge in [-0.05, 0) is 23.8 Å². The van der Waals surface area contributed by atoms with E-state index in [1.165, 1.54) is 16.4 Å². The van der Waals surface area contributed by atoms with Gasteiger partial charge in [-0.15, -0.1) is 11.3 Å². The van der Waals surface area contributed by atoms with Crippen molar-refractivity contribution in [2.24, 2.45) is 0 Å². The summed E-state index contributed by atoms with van der Waals surface area (Å²) in [5, 5.41) is 0. The van der Waals surface area contributed by atoms with Gasteiger partial charge in [-0.25, -0.2) is 8.42 Å². The maximum absolute atomic E-state index is 12.5. The van der Waals surface area contributed by atoms with E-state index in [4.69, 9.17) is 11.6 Å². The zero-order valence-corrected chi connectivity index (χ0v) is 15.7. The van der Waals surface area contributed by atoms with Crippen LogP contribution in [-0.4, -0.2) is 49.7 Å². The van der Waals surface area contributed by atoms with Gasteiger partial charge in [0.1, 0.15) is 4.21 Å². The fourth-order valence-corrected chi connectivity index (χ4v) is 5.61. The Morgan fingerprint density at radius 2 is 1.72 bits per heavy atom. The number of rotatable bonds is 4. The monoisotopic (exact) mass is 396 g/mol. The van der Waals surface area contributed by atoms with Crippen LogP contribution >= 0.6 is 22.9 Å². The predicted molar refractivity (Wildman–Crippen MR) is 100 cm³/mol. The summed E-state index contributed by atoms with van der Waals surface area (Å²) < 4.78 is 27.2. The summed E-state index contributed by atoms with van der Waals surface area (Å²) in [6.45, 7) is 1.30. The van der Waals surface area contributed by atoms with Gasteiger partial charge in [0.25, 0.3) is 10.0 Å². The van der Waals surface area contributed by atoms with Gasteiger partial charge in [0.15, 0.2) is 0 Å². The van der Waals surface area contributed by atoms with Crippen molar-refractivity contribution in [3.63, 3.8) is 0 Å². The van der Waals surface area contributed by atoms with E-state index < -0.39 is 10.0 Å². The van der Waals surface area contributed by atoms with Crippen LogP contribution in [0.15, 0.2) is 52.7 Å². The van der Waals surface area contributed by atoms with Crippen molar-refractivity contribution in [2.45, 2.75) is 4.21 Å². The highest BCUT2D eigenvalue weighted by Crippen LogP contribution is 2.28. The molecule has 0 N–H and O–H groups in total. The number of hydrogen-bond acceptors (Lipinski definition) is 4. The highest BCUT2D eigenvalue weighted by Gasteiger charge is 2.30. The van der Waals surface area contributed by atoms with Crippen molar-refractivity contribution in [1.82, 2.24) is 9.21 Å². The van der Waals surface area contributed by atoms with Crippen molar-refractivity contribution in [3.8, 4) is 0 Å². The highest BCUT2D eigenvalue weighted by molar-refractivity contribution is 7.91. The Hall–Kier alpha value is -1.67. The molecular formula is C17H17ClN2O3S2. The zero-order valence-electron chi connectivity index (χ0n) is 13.3. The number of sulfonamides is 1. The largest absolute Gasteiger partial charge is 0.337 e. The molecule has 1 aromatic heterocycles. The average molecular weight is 397 g/mol. The predicted octanol–water partition coefficient (Wildman–Crippen LogP) is 2.95. The fraction of sp³-hybridized carbons (Fsp3) is 0.235. The van der Waals surface area contributed by atoms with E-state index in [2.05, 4.69) is 0 Å². The van der Waals surface area contributed by atoms with Crippen LogP contribution in [0.2, 0.25) is 4.34 Å². The van der Waals surface area contributed by atoms with E-state index in [0.29, 0.717) is 17.4 Å². The fourth-order valence-electron chi connectivity index (χ4n) is 2.55. The molecule has 0 saturated carbocycles. The molecule has 0 unspecified atom stereocenters. The van der Waals surface area contributed by atoms with Crippen LogP contribution in [0.1, 0.15) is 5.56 Å². The number of hydrogen-bond donors (Lipinski definition) is 0. The number of piperazine rings is 1. The van der Waals surface area contributed by atoms with Gasteiger partial charge in [0.2, 0.25) is 5.91 Å². The van der Waals surface area contributed by atoms with Gasteiger partial charge >= 0.3 is 0 Å². The van der Waals surface area contributed by atoms with E-state index in [0.717, 1.165) is 16.9 Å². The van der Waals surface area contributed by atoms with Crippen LogP contribution in [0.5, 0.6) is 0 Å². The van der Waals surface area contributed by atoms with E-state index in [9.17, 15) is 13.2 Å². The van der Waals surface area contributed by atoms with Crippen LogP contribution in [-0.2, 0) is 14.8 Å². The number of carbonyl (C=O) groups is 1. The smallest absolute Gasteiger partial charge is 0.252 e. The van der Waals surface area contributed by atoms with Crippen molar-refractivity contribution in [1.29, 1.82) is 0 Å². The zero-order chi connectivity index (χ0) is 17.9. The molecule has 8 heteroatoms. The van der Waals surface area contributed by atoms with Gasteiger partial charge in [0, 0.05) is 32.3 Å². The molecule has 0 aliphatic carbocycles. The van der Waals surface area contributed by atoms with Crippen molar-refractivity contribution < 1.29 is 13.2 Å². The van der Waals surface area contributed by atoms with Crippen LogP contribution in [0.25, 0.3) is 6.08 Å². The first-order valence-electron chi connectivity index (χ1n) is 7.74. The second kappa shape index (κ2) is 7.70. The lowest BCUT2D eigenvalue weighted by molar-refractivity contribution is -0.127. The van der Waals surface area contributed by atoms with E-state index in [1.807, 2.05) is 30.3 Å². The standard InChI is InChI=1S/C17H17ClN2O3S2/c18-15-7-9-17(24-15)25(22,23)20-12-10-19(11-13-20)16(21)8-6-14-4-2-1-3-5-14/h1-9H,10-13H2/b8-6+. The molecule has 1 saturated heterocycles. The molecule has 5 nitrogen and oxygen atoms in total. The van der Waals surface area contributed by atoms with Crippen LogP contribution in [0.3, 0.4) is 0 Å². The first-order chi connectivity index (χ1) is 12.0. The second-order valence-electron chi connectivity index (χ2n) is 5.53. The molecule has 1 aliphatic rings. The molecule has 0 spiro atoms. The molecule has 0 radical (unpaired) electrons. The minimum Gasteiger partial charge on any atom is -0.337 e. The molecule has 1 amide bonds. The van der Waals surface area contributed by atoms with Gasteiger partial charge in [0.05, 0.1) is 4.34 Å². The highest BCUT2D eigenvalue weighted by atomic mass is 35.5. The Bertz CT molecular complexity index is 870. The number of carbonyl (C=O) groups excluding carboxylic acids is 1. The van der Waals surface area contributed by atoms with Crippen molar-refractivity contribution >= 4 is 44.9 Å². The minimum absolute atomic E-state index is 0.111. The third kappa shape index (κ3) is 4.30. The summed E-state index contributed by atoms with van der Waals surface area (Å²) in [4.78, 5) is 13.9. The molecule has 3 rings (SSSR count). The Labute approximate surface area is 156 Å². The van der Waals surface area contributed by atoms with Crippen molar-refractivity contribution in [2.75, 3.05) is 26.2 Å². The average Bonchev–Trinajstić information content (AvgIpc) is 3.08. The Kier molecular flexibility index (Phi) is 5.58. The Morgan fingerprint density at radius 3 is 2.32 bits per heavy atom. The first-order valence-corrected chi connectivity index (χ1v) is 10.4. The molecule has 2 aromatic rings. The Balaban J connectivity index is 1.60. The van der Waals surface area contributed by atoms with Crippen LogP contribution in [0, 0.1) is 0 Å². The van der Waals surface area contributed by atoms with Crippen molar-refractivity contribution in [3.05, 3.63) is 58.4 Å². The molecule has 25 heavy (non-hydrogen) atoms. The summed E-state index contributed by atoms with van der Waals surface area (Å²) in [5.41, 5.74) is 0.951. The maximum Gasteiger partial charge on any atom is 0.252 e. The molecule has 0 bridgehead atoms. The van der Waals surface area contributed by atoms with E-state index in [1.54, 1.807) is 17.0 Å². The van der Waals surface area contributed by atoms with E-state index in [-0.39, 0.29) is 23.2 Å². The number of nitrogens with zero attached hydrogens (tertiary/aromatic N) is 2. The molecule has 132 valence electrons. The normalized spacial score (nSPS) is 16.4. The lowest BCUT2D eigenvalue weighted by Gasteiger charge is -2.33. The van der Waals surface area contributed by atoms with Crippen LogP contribution in [0.4, 0.5) is 0 Å². The molecular weight excluding hydrogens is 380 g/mol. The number of benzene rings is 1. The summed E-state index contributed by atoms with van der Waals surface area (Å²) in [6.07, 6.45) is 3.29. The number of thiophene rings is 1. The van der Waals surface area contributed by atoms with Gasteiger partial charge in [-0.3, -0.25) is 4.79 Å². The molecule has 2 heterocycles. The van der Waals surface area contributed by atoms with E-state index >= 15 is 0 Å². The number of amides is 1. The topological polar surface area (TPSA) is 57.7 Å². The third-order valence-electron chi connectivity index (χ3n) is 3.91. The Morgan fingerprint density at radius 1 is 1.04 bits per heavy atom. The number of halogens is 1. The third-order valence-corrected chi connectivity index (χ3v) is 7.51. The summed E-state index contributed by atoms with van der Waals surface area (Å²) in [7, 11) is -3.53. The molecule has 1 aliphatic heterocycles. The van der Waals surface area contributed by atoms with Crippen LogP contribution < -0.4 is 0 Å². The summed E-state index contributed by atoms with van der Waals surface area (Å²) in [5.74, 6) is -0.111. The first kappa shape index (κ1) is 18.1. The quantitative estimate of drug-likeness (QED) is 0.746. The SMILES string of the molecule is O=C(/C=C/c1ccccc1)N1CCN(S(=O)(=O)c2ccc(Cl)s2)CC1. The molecule has 0 atom stereocenters.